The highest BCUT2D eigenvalue weighted by Crippen LogP contribution is 2.18. The molecule has 0 saturated carbocycles. The molecule has 0 saturated heterocycles. The van der Waals surface area contributed by atoms with Crippen LogP contribution in [0.3, 0.4) is 0 Å². The molecule has 0 aliphatic carbocycles. The third-order valence-electron chi connectivity index (χ3n) is 2.87. The Morgan fingerprint density at radius 1 is 1.37 bits per heavy atom. The van der Waals surface area contributed by atoms with Crippen LogP contribution in [0.5, 0.6) is 5.75 Å². The molecule has 5 heteroatoms. The van der Waals surface area contributed by atoms with Crippen molar-refractivity contribution in [1.29, 1.82) is 0 Å². The lowest BCUT2D eigenvalue weighted by atomic mass is 10.1. The lowest BCUT2D eigenvalue weighted by molar-refractivity contribution is -0.139. The number of rotatable bonds is 6. The van der Waals surface area contributed by atoms with Crippen LogP contribution in [0.4, 0.5) is 0 Å². The molecule has 0 bridgehead atoms. The molecule has 0 amide bonds. The van der Waals surface area contributed by atoms with Gasteiger partial charge in [0.2, 0.25) is 0 Å². The predicted molar refractivity (Wildman–Crippen MR) is 71.0 cm³/mol. The number of para-hydroxylation sites is 1. The van der Waals surface area contributed by atoms with Gasteiger partial charge in [-0.3, -0.25) is 10.1 Å². The van der Waals surface area contributed by atoms with Crippen LogP contribution in [0.15, 0.2) is 42.6 Å². The third kappa shape index (κ3) is 3.14. The maximum absolute atomic E-state index is 11.3. The van der Waals surface area contributed by atoms with Crippen LogP contribution in [-0.2, 0) is 11.3 Å². The van der Waals surface area contributed by atoms with Gasteiger partial charge in [0.05, 0.1) is 7.11 Å². The molecule has 1 heterocycles. The number of aromatic nitrogens is 1. The number of carboxylic acids is 1. The van der Waals surface area contributed by atoms with E-state index < -0.39 is 12.0 Å². The molecule has 0 fully saturated rings. The van der Waals surface area contributed by atoms with E-state index in [1.165, 1.54) is 0 Å². The summed E-state index contributed by atoms with van der Waals surface area (Å²) in [6, 6.07) is 10.3. The van der Waals surface area contributed by atoms with Crippen LogP contribution in [0.25, 0.3) is 0 Å². The Morgan fingerprint density at radius 2 is 2.16 bits per heavy atom. The number of carboxylic acid groups (broad SMARTS) is 1. The van der Waals surface area contributed by atoms with Crippen molar-refractivity contribution in [1.82, 2.24) is 10.3 Å². The van der Waals surface area contributed by atoms with Gasteiger partial charge >= 0.3 is 5.97 Å². The summed E-state index contributed by atoms with van der Waals surface area (Å²) in [7, 11) is 1.60. The number of aromatic amines is 1. The van der Waals surface area contributed by atoms with Crippen LogP contribution < -0.4 is 10.1 Å². The highest BCUT2D eigenvalue weighted by molar-refractivity contribution is 5.74. The number of hydrogen-bond donors (Lipinski definition) is 3. The van der Waals surface area contributed by atoms with Crippen LogP contribution in [0, 0.1) is 0 Å². The van der Waals surface area contributed by atoms with Crippen molar-refractivity contribution in [2.45, 2.75) is 12.6 Å². The van der Waals surface area contributed by atoms with E-state index in [2.05, 4.69) is 10.3 Å². The van der Waals surface area contributed by atoms with Crippen LogP contribution in [0.2, 0.25) is 0 Å². The quantitative estimate of drug-likeness (QED) is 0.742. The summed E-state index contributed by atoms with van der Waals surface area (Å²) >= 11 is 0. The number of hydrogen-bond acceptors (Lipinski definition) is 3. The van der Waals surface area contributed by atoms with Gasteiger partial charge in [-0.05, 0) is 18.2 Å². The second-order valence-corrected chi connectivity index (χ2v) is 4.09. The molecule has 2 rings (SSSR count). The lowest BCUT2D eigenvalue weighted by Gasteiger charge is -2.14. The zero-order valence-corrected chi connectivity index (χ0v) is 10.6. The van der Waals surface area contributed by atoms with Crippen molar-refractivity contribution < 1.29 is 14.6 Å². The fourth-order valence-electron chi connectivity index (χ4n) is 1.92. The maximum atomic E-state index is 11.3. The standard InChI is InChI=1S/C14H16N2O3/c1-19-12-7-3-2-5-10(12)9-16-13(14(17)18)11-6-4-8-15-11/h2-8,13,15-16H,9H2,1H3,(H,17,18). The largest absolute Gasteiger partial charge is 0.496 e. The zero-order chi connectivity index (χ0) is 13.7. The first-order valence-electron chi connectivity index (χ1n) is 5.93. The maximum Gasteiger partial charge on any atom is 0.326 e. The second kappa shape index (κ2) is 6.06. The highest BCUT2D eigenvalue weighted by atomic mass is 16.5. The predicted octanol–water partition coefficient (Wildman–Crippen LogP) is 1.94. The Balaban J connectivity index is 2.09. The number of benzene rings is 1. The summed E-state index contributed by atoms with van der Waals surface area (Å²) in [5, 5.41) is 12.2. The van der Waals surface area contributed by atoms with E-state index in [1.54, 1.807) is 25.4 Å². The monoisotopic (exact) mass is 260 g/mol. The van der Waals surface area contributed by atoms with Crippen molar-refractivity contribution in [3.05, 3.63) is 53.9 Å². The number of nitrogens with one attached hydrogen (secondary N) is 2. The Morgan fingerprint density at radius 3 is 2.79 bits per heavy atom. The van der Waals surface area contributed by atoms with Gasteiger partial charge in [0.1, 0.15) is 11.8 Å². The Kier molecular flexibility index (Phi) is 4.20. The normalized spacial score (nSPS) is 12.1. The molecule has 2 aromatic rings. The number of aliphatic carboxylic acids is 1. The average Bonchev–Trinajstić information content (AvgIpc) is 2.93. The topological polar surface area (TPSA) is 74.3 Å². The van der Waals surface area contributed by atoms with E-state index in [0.29, 0.717) is 12.2 Å². The summed E-state index contributed by atoms with van der Waals surface area (Å²) in [5.41, 5.74) is 1.55. The van der Waals surface area contributed by atoms with E-state index in [-0.39, 0.29) is 0 Å². The number of ether oxygens (including phenoxy) is 1. The van der Waals surface area contributed by atoms with Crippen molar-refractivity contribution in [2.75, 3.05) is 7.11 Å². The van der Waals surface area contributed by atoms with Crippen molar-refractivity contribution >= 4 is 5.97 Å². The lowest BCUT2D eigenvalue weighted by Crippen LogP contribution is -2.28. The summed E-state index contributed by atoms with van der Waals surface area (Å²) in [6.07, 6.45) is 1.70. The van der Waals surface area contributed by atoms with Gasteiger partial charge in [0, 0.05) is 24.0 Å². The fourth-order valence-corrected chi connectivity index (χ4v) is 1.92. The Labute approximate surface area is 111 Å². The minimum Gasteiger partial charge on any atom is -0.496 e. The molecule has 1 aromatic heterocycles. The van der Waals surface area contributed by atoms with Crippen molar-refractivity contribution in [3.63, 3.8) is 0 Å². The van der Waals surface area contributed by atoms with Gasteiger partial charge in [-0.2, -0.15) is 0 Å². The smallest absolute Gasteiger partial charge is 0.326 e. The Hall–Kier alpha value is -2.27. The minimum absolute atomic E-state index is 0.417. The molecular formula is C14H16N2O3. The second-order valence-electron chi connectivity index (χ2n) is 4.09. The van der Waals surface area contributed by atoms with E-state index >= 15 is 0 Å². The van der Waals surface area contributed by atoms with E-state index in [9.17, 15) is 9.90 Å². The molecule has 19 heavy (non-hydrogen) atoms. The number of H-pyrrole nitrogens is 1. The van der Waals surface area contributed by atoms with Crippen LogP contribution in [-0.4, -0.2) is 23.2 Å². The molecule has 100 valence electrons. The first-order chi connectivity index (χ1) is 9.22. The molecule has 1 aromatic carbocycles. The summed E-state index contributed by atoms with van der Waals surface area (Å²) < 4.78 is 5.23. The zero-order valence-electron chi connectivity index (χ0n) is 10.6. The summed E-state index contributed by atoms with van der Waals surface area (Å²) in [6.45, 7) is 0.417. The molecule has 0 radical (unpaired) electrons. The van der Waals surface area contributed by atoms with Crippen LogP contribution >= 0.6 is 0 Å². The highest BCUT2D eigenvalue weighted by Gasteiger charge is 2.20. The summed E-state index contributed by atoms with van der Waals surface area (Å²) in [4.78, 5) is 14.2. The molecule has 1 atom stereocenters. The average molecular weight is 260 g/mol. The van der Waals surface area contributed by atoms with Gasteiger partial charge in [0.15, 0.2) is 0 Å². The molecule has 3 N–H and O–H groups in total. The van der Waals surface area contributed by atoms with Crippen LogP contribution in [0.1, 0.15) is 17.3 Å². The SMILES string of the molecule is COc1ccccc1CNC(C(=O)O)c1ccc[nH]1. The third-order valence-corrected chi connectivity index (χ3v) is 2.87. The number of methoxy groups -OCH3 is 1. The minimum atomic E-state index is -0.919. The molecule has 0 aliphatic heterocycles. The molecule has 0 aliphatic rings. The first-order valence-corrected chi connectivity index (χ1v) is 5.93. The van der Waals surface area contributed by atoms with Gasteiger partial charge < -0.3 is 14.8 Å². The summed E-state index contributed by atoms with van der Waals surface area (Å²) in [5.74, 6) is -0.178. The van der Waals surface area contributed by atoms with E-state index in [0.717, 1.165) is 11.3 Å². The van der Waals surface area contributed by atoms with E-state index in [1.807, 2.05) is 24.3 Å². The fraction of sp³-hybridized carbons (Fsp3) is 0.214. The Bertz CT molecular complexity index is 537. The van der Waals surface area contributed by atoms with Crippen molar-refractivity contribution in [2.24, 2.45) is 0 Å². The van der Waals surface area contributed by atoms with Gasteiger partial charge in [0.25, 0.3) is 0 Å². The van der Waals surface area contributed by atoms with Crippen molar-refractivity contribution in [3.8, 4) is 5.75 Å². The van der Waals surface area contributed by atoms with E-state index in [4.69, 9.17) is 4.74 Å². The molecule has 5 nitrogen and oxygen atoms in total. The van der Waals surface area contributed by atoms with Gasteiger partial charge in [-0.1, -0.05) is 18.2 Å². The van der Waals surface area contributed by atoms with Gasteiger partial charge in [-0.15, -0.1) is 0 Å². The molecule has 0 spiro atoms. The first kappa shape index (κ1) is 13.2. The number of carbonyl (C=O) groups is 1. The molecular weight excluding hydrogens is 244 g/mol. The molecule has 1 unspecified atom stereocenters. The van der Waals surface area contributed by atoms with Gasteiger partial charge in [-0.25, -0.2) is 0 Å².